The molecule has 34 heavy (non-hydrogen) atoms. The average molecular weight is 501 g/mol. The molecule has 3 aromatic rings. The molecule has 1 aromatic heterocycles. The molecule has 2 heterocycles. The van der Waals surface area contributed by atoms with Gasteiger partial charge >= 0.3 is 0 Å². The van der Waals surface area contributed by atoms with Crippen molar-refractivity contribution in [2.24, 2.45) is 5.92 Å². The molecule has 0 aliphatic carbocycles. The van der Waals surface area contributed by atoms with Crippen molar-refractivity contribution in [2.75, 3.05) is 23.1 Å². The van der Waals surface area contributed by atoms with Gasteiger partial charge in [0.1, 0.15) is 5.75 Å². The van der Waals surface area contributed by atoms with E-state index in [4.69, 9.17) is 0 Å². The number of phenolic OH excluding ortho intramolecular Hbond substituents is 1. The quantitative estimate of drug-likeness (QED) is 0.360. The standard InChI is InChI=1S/C24H28N4O4S2/c1-15-3-4-18(14-21(15)34(31,32)28-19-5-7-20(29)8-6-19)23-16(2)26-24(33-23)27-22(30)13-17-9-11-25-12-10-17/h3-8,14,17,25,28-29H,9-13H2,1-2H3,(H,26,27,30). The van der Waals surface area contributed by atoms with E-state index in [1.54, 1.807) is 19.1 Å². The first-order valence-corrected chi connectivity index (χ1v) is 13.4. The van der Waals surface area contributed by atoms with Gasteiger partial charge in [-0.2, -0.15) is 0 Å². The molecule has 2 aromatic carbocycles. The SMILES string of the molecule is Cc1ccc(-c2sc(NC(=O)CC3CCNCC3)nc2C)cc1S(=O)(=O)Nc1ccc(O)cc1. The van der Waals surface area contributed by atoms with E-state index in [0.29, 0.717) is 34.3 Å². The van der Waals surface area contributed by atoms with E-state index in [1.165, 1.54) is 35.6 Å². The zero-order valence-corrected chi connectivity index (χ0v) is 20.7. The van der Waals surface area contributed by atoms with Gasteiger partial charge in [-0.05, 0) is 87.2 Å². The summed E-state index contributed by atoms with van der Waals surface area (Å²) in [6.07, 6.45) is 2.47. The molecule has 0 saturated carbocycles. The van der Waals surface area contributed by atoms with Crippen LogP contribution in [0, 0.1) is 19.8 Å². The number of nitrogens with one attached hydrogen (secondary N) is 3. The maximum atomic E-state index is 13.1. The first-order valence-electron chi connectivity index (χ1n) is 11.1. The van der Waals surface area contributed by atoms with Crippen LogP contribution in [0.1, 0.15) is 30.5 Å². The lowest BCUT2D eigenvalue weighted by Crippen LogP contribution is -2.30. The van der Waals surface area contributed by atoms with Gasteiger partial charge in [0, 0.05) is 12.1 Å². The van der Waals surface area contributed by atoms with Crippen LogP contribution in [0.25, 0.3) is 10.4 Å². The van der Waals surface area contributed by atoms with Gasteiger partial charge in [-0.3, -0.25) is 9.52 Å². The second-order valence-electron chi connectivity index (χ2n) is 8.51. The van der Waals surface area contributed by atoms with Crippen LogP contribution in [0.2, 0.25) is 0 Å². The fraction of sp³-hybridized carbons (Fsp3) is 0.333. The predicted molar refractivity (Wildman–Crippen MR) is 135 cm³/mol. The highest BCUT2D eigenvalue weighted by Gasteiger charge is 2.21. The third-order valence-corrected chi connectivity index (χ3v) is 8.48. The fourth-order valence-electron chi connectivity index (χ4n) is 4.01. The molecule has 0 atom stereocenters. The molecule has 1 aliphatic heterocycles. The minimum absolute atomic E-state index is 0.0440. The van der Waals surface area contributed by atoms with Crippen LogP contribution in [0.3, 0.4) is 0 Å². The molecular formula is C24H28N4O4S2. The molecule has 1 saturated heterocycles. The average Bonchev–Trinajstić information content (AvgIpc) is 3.15. The van der Waals surface area contributed by atoms with Gasteiger partial charge in [0.25, 0.3) is 10.0 Å². The Morgan fingerprint density at radius 3 is 2.56 bits per heavy atom. The van der Waals surface area contributed by atoms with Gasteiger partial charge in [-0.15, -0.1) is 0 Å². The summed E-state index contributed by atoms with van der Waals surface area (Å²) >= 11 is 1.34. The molecule has 0 radical (unpaired) electrons. The number of carbonyl (C=O) groups excluding carboxylic acids is 1. The number of aryl methyl sites for hydroxylation is 2. The van der Waals surface area contributed by atoms with Crippen LogP contribution >= 0.6 is 11.3 Å². The number of hydrogen-bond donors (Lipinski definition) is 4. The highest BCUT2D eigenvalue weighted by Crippen LogP contribution is 2.35. The lowest BCUT2D eigenvalue weighted by Gasteiger charge is -2.21. The number of benzene rings is 2. The Kier molecular flexibility index (Phi) is 7.20. The predicted octanol–water partition coefficient (Wildman–Crippen LogP) is 4.26. The van der Waals surface area contributed by atoms with Crippen molar-refractivity contribution in [1.29, 1.82) is 0 Å². The highest BCUT2D eigenvalue weighted by molar-refractivity contribution is 7.92. The number of nitrogens with zero attached hydrogens (tertiary/aromatic N) is 1. The monoisotopic (exact) mass is 500 g/mol. The van der Waals surface area contributed by atoms with Crippen molar-refractivity contribution in [3.8, 4) is 16.2 Å². The Morgan fingerprint density at radius 2 is 1.85 bits per heavy atom. The van der Waals surface area contributed by atoms with E-state index in [0.717, 1.165) is 36.5 Å². The van der Waals surface area contributed by atoms with Crippen molar-refractivity contribution in [1.82, 2.24) is 10.3 Å². The second kappa shape index (κ2) is 10.1. The molecule has 180 valence electrons. The number of rotatable bonds is 7. The van der Waals surface area contributed by atoms with Crippen molar-refractivity contribution in [2.45, 2.75) is 38.0 Å². The zero-order valence-electron chi connectivity index (χ0n) is 19.1. The van der Waals surface area contributed by atoms with E-state index >= 15 is 0 Å². The Balaban J connectivity index is 1.53. The van der Waals surface area contributed by atoms with Gasteiger partial charge in [-0.25, -0.2) is 13.4 Å². The number of aromatic nitrogens is 1. The Bertz CT molecular complexity index is 1280. The van der Waals surface area contributed by atoms with Crippen molar-refractivity contribution >= 4 is 38.1 Å². The molecule has 0 bridgehead atoms. The summed E-state index contributed by atoms with van der Waals surface area (Å²) in [5.41, 5.74) is 2.40. The van der Waals surface area contributed by atoms with Crippen molar-refractivity contribution in [3.63, 3.8) is 0 Å². The Morgan fingerprint density at radius 1 is 1.15 bits per heavy atom. The Labute approximate surface area is 203 Å². The maximum Gasteiger partial charge on any atom is 0.262 e. The van der Waals surface area contributed by atoms with Crippen LogP contribution in [0.4, 0.5) is 10.8 Å². The topological polar surface area (TPSA) is 120 Å². The number of carbonyl (C=O) groups is 1. The van der Waals surface area contributed by atoms with Gasteiger partial charge in [0.05, 0.1) is 15.5 Å². The largest absolute Gasteiger partial charge is 0.508 e. The molecule has 0 spiro atoms. The molecule has 1 amide bonds. The number of anilines is 2. The van der Waals surface area contributed by atoms with E-state index in [1.807, 2.05) is 13.0 Å². The van der Waals surface area contributed by atoms with Crippen LogP contribution in [0.15, 0.2) is 47.4 Å². The normalized spacial score (nSPS) is 14.6. The van der Waals surface area contributed by atoms with E-state index in [9.17, 15) is 18.3 Å². The minimum Gasteiger partial charge on any atom is -0.508 e. The van der Waals surface area contributed by atoms with Gasteiger partial charge in [0.15, 0.2) is 5.13 Å². The van der Waals surface area contributed by atoms with Crippen molar-refractivity contribution < 1.29 is 18.3 Å². The zero-order chi connectivity index (χ0) is 24.3. The molecule has 10 heteroatoms. The smallest absolute Gasteiger partial charge is 0.262 e. The lowest BCUT2D eigenvalue weighted by atomic mass is 9.94. The van der Waals surface area contributed by atoms with Gasteiger partial charge in [-0.1, -0.05) is 23.5 Å². The summed E-state index contributed by atoms with van der Waals surface area (Å²) in [5.74, 6) is 0.394. The number of amides is 1. The van der Waals surface area contributed by atoms with Crippen LogP contribution < -0.4 is 15.4 Å². The summed E-state index contributed by atoms with van der Waals surface area (Å²) in [4.78, 5) is 17.9. The molecule has 4 N–H and O–H groups in total. The molecule has 0 unspecified atom stereocenters. The van der Waals surface area contributed by atoms with Crippen LogP contribution in [-0.4, -0.2) is 37.5 Å². The molecule has 1 fully saturated rings. The number of sulfonamides is 1. The van der Waals surface area contributed by atoms with E-state index < -0.39 is 10.0 Å². The summed E-state index contributed by atoms with van der Waals surface area (Å²) in [5, 5.41) is 16.2. The summed E-state index contributed by atoms with van der Waals surface area (Å²) < 4.78 is 28.7. The molecule has 4 rings (SSSR count). The van der Waals surface area contributed by atoms with Crippen LogP contribution in [0.5, 0.6) is 5.75 Å². The number of piperidine rings is 1. The van der Waals surface area contributed by atoms with E-state index in [-0.39, 0.29) is 16.6 Å². The third-order valence-electron chi connectivity index (χ3n) is 5.84. The molecular weight excluding hydrogens is 472 g/mol. The lowest BCUT2D eigenvalue weighted by molar-refractivity contribution is -0.117. The van der Waals surface area contributed by atoms with Gasteiger partial charge < -0.3 is 15.7 Å². The number of hydrogen-bond acceptors (Lipinski definition) is 7. The maximum absolute atomic E-state index is 13.1. The second-order valence-corrected chi connectivity index (χ2v) is 11.2. The van der Waals surface area contributed by atoms with Crippen molar-refractivity contribution in [3.05, 3.63) is 53.7 Å². The van der Waals surface area contributed by atoms with Gasteiger partial charge in [0.2, 0.25) is 5.91 Å². The highest BCUT2D eigenvalue weighted by atomic mass is 32.2. The summed E-state index contributed by atoms with van der Waals surface area (Å²) in [6, 6.07) is 11.1. The minimum atomic E-state index is -3.85. The van der Waals surface area contributed by atoms with E-state index in [2.05, 4.69) is 20.3 Å². The molecule has 8 nitrogen and oxygen atoms in total. The summed E-state index contributed by atoms with van der Waals surface area (Å²) in [7, 11) is -3.85. The number of aromatic hydroxyl groups is 1. The van der Waals surface area contributed by atoms with Crippen LogP contribution in [-0.2, 0) is 14.8 Å². The number of thiazole rings is 1. The third kappa shape index (κ3) is 5.75. The fourth-order valence-corrected chi connectivity index (χ4v) is 6.32. The first-order chi connectivity index (χ1) is 16.2. The molecule has 1 aliphatic rings. The Hall–Kier alpha value is -2.95. The summed E-state index contributed by atoms with van der Waals surface area (Å²) in [6.45, 7) is 5.47. The first kappa shape index (κ1) is 24.2. The number of phenols is 1.